The summed E-state index contributed by atoms with van der Waals surface area (Å²) >= 11 is 1.52. The fourth-order valence-corrected chi connectivity index (χ4v) is 2.60. The highest BCUT2D eigenvalue weighted by atomic mass is 32.2. The standard InChI is InChI=1S/C15H23NO2S/c1-3-5-12-6-8-13(9-7-12)14(16)10-19-11-15(17)18-4-2/h6-9,14H,3-5,10-11,16H2,1-2H3. The molecule has 3 nitrogen and oxygen atoms in total. The van der Waals surface area contributed by atoms with Crippen LogP contribution in [0.5, 0.6) is 0 Å². The summed E-state index contributed by atoms with van der Waals surface area (Å²) in [4.78, 5) is 11.2. The quantitative estimate of drug-likeness (QED) is 0.744. The van der Waals surface area contributed by atoms with Gasteiger partial charge in [-0.3, -0.25) is 4.79 Å². The van der Waals surface area contributed by atoms with Gasteiger partial charge in [-0.1, -0.05) is 37.6 Å². The van der Waals surface area contributed by atoms with Gasteiger partial charge in [0.05, 0.1) is 12.4 Å². The van der Waals surface area contributed by atoms with Crippen molar-refractivity contribution < 1.29 is 9.53 Å². The van der Waals surface area contributed by atoms with Crippen molar-refractivity contribution >= 4 is 17.7 Å². The molecule has 1 aromatic carbocycles. The Balaban J connectivity index is 2.36. The first-order valence-corrected chi connectivity index (χ1v) is 7.90. The highest BCUT2D eigenvalue weighted by Crippen LogP contribution is 2.17. The lowest BCUT2D eigenvalue weighted by Crippen LogP contribution is -2.15. The summed E-state index contributed by atoms with van der Waals surface area (Å²) in [7, 11) is 0. The van der Waals surface area contributed by atoms with E-state index in [1.807, 2.05) is 6.92 Å². The molecule has 0 spiro atoms. The molecular formula is C15H23NO2S. The fourth-order valence-electron chi connectivity index (χ4n) is 1.79. The van der Waals surface area contributed by atoms with Crippen LogP contribution in [0.2, 0.25) is 0 Å². The molecule has 1 rings (SSSR count). The van der Waals surface area contributed by atoms with Crippen LogP contribution >= 0.6 is 11.8 Å². The van der Waals surface area contributed by atoms with E-state index in [-0.39, 0.29) is 12.0 Å². The van der Waals surface area contributed by atoms with Crippen LogP contribution in [0.1, 0.15) is 37.4 Å². The Kier molecular flexibility index (Phi) is 7.60. The number of nitrogens with two attached hydrogens (primary N) is 1. The molecule has 1 unspecified atom stereocenters. The van der Waals surface area contributed by atoms with E-state index in [9.17, 15) is 4.79 Å². The molecule has 0 aliphatic rings. The number of esters is 1. The van der Waals surface area contributed by atoms with Gasteiger partial charge < -0.3 is 10.5 Å². The minimum atomic E-state index is -0.169. The summed E-state index contributed by atoms with van der Waals surface area (Å²) in [6, 6.07) is 8.40. The summed E-state index contributed by atoms with van der Waals surface area (Å²) in [5.41, 5.74) is 8.57. The molecule has 0 saturated carbocycles. The number of thioether (sulfide) groups is 1. The summed E-state index contributed by atoms with van der Waals surface area (Å²) in [6.45, 7) is 4.42. The van der Waals surface area contributed by atoms with Crippen LogP contribution in [-0.2, 0) is 16.0 Å². The second-order valence-corrected chi connectivity index (χ2v) is 5.45. The van der Waals surface area contributed by atoms with Crippen molar-refractivity contribution in [2.75, 3.05) is 18.1 Å². The molecule has 0 amide bonds. The molecule has 106 valence electrons. The van der Waals surface area contributed by atoms with Crippen LogP contribution < -0.4 is 5.73 Å². The molecule has 4 heteroatoms. The minimum absolute atomic E-state index is 0.0323. The Morgan fingerprint density at radius 1 is 1.32 bits per heavy atom. The first-order valence-electron chi connectivity index (χ1n) is 6.75. The maximum absolute atomic E-state index is 11.2. The van der Waals surface area contributed by atoms with Crippen LogP contribution in [0, 0.1) is 0 Å². The second kappa shape index (κ2) is 8.99. The molecule has 19 heavy (non-hydrogen) atoms. The van der Waals surface area contributed by atoms with Crippen molar-refractivity contribution in [3.8, 4) is 0 Å². The van der Waals surface area contributed by atoms with Crippen molar-refractivity contribution in [3.05, 3.63) is 35.4 Å². The third-order valence-electron chi connectivity index (χ3n) is 2.77. The lowest BCUT2D eigenvalue weighted by atomic mass is 10.0. The Morgan fingerprint density at radius 3 is 2.58 bits per heavy atom. The number of rotatable bonds is 8. The van der Waals surface area contributed by atoms with Crippen molar-refractivity contribution in [1.29, 1.82) is 0 Å². The normalized spacial score (nSPS) is 12.2. The number of ether oxygens (including phenoxy) is 1. The van der Waals surface area contributed by atoms with Crippen molar-refractivity contribution in [1.82, 2.24) is 0 Å². The third-order valence-corrected chi connectivity index (χ3v) is 3.80. The zero-order chi connectivity index (χ0) is 14.1. The Bertz CT molecular complexity index is 378. The average molecular weight is 281 g/mol. The van der Waals surface area contributed by atoms with E-state index in [2.05, 4.69) is 31.2 Å². The SMILES string of the molecule is CCCc1ccc(C(N)CSCC(=O)OCC)cc1. The largest absolute Gasteiger partial charge is 0.465 e. The lowest BCUT2D eigenvalue weighted by Gasteiger charge is -2.12. The predicted octanol–water partition coefficient (Wildman–Crippen LogP) is 2.94. The lowest BCUT2D eigenvalue weighted by molar-refractivity contribution is -0.139. The Labute approximate surface area is 119 Å². The van der Waals surface area contributed by atoms with Gasteiger partial charge in [0.15, 0.2) is 0 Å². The highest BCUT2D eigenvalue weighted by molar-refractivity contribution is 7.99. The summed E-state index contributed by atoms with van der Waals surface area (Å²) in [6.07, 6.45) is 2.26. The fraction of sp³-hybridized carbons (Fsp3) is 0.533. The first-order chi connectivity index (χ1) is 9.17. The van der Waals surface area contributed by atoms with Crippen molar-refractivity contribution in [2.45, 2.75) is 32.7 Å². The van der Waals surface area contributed by atoms with Crippen LogP contribution in [0.25, 0.3) is 0 Å². The molecule has 0 aliphatic carbocycles. The van der Waals surface area contributed by atoms with Gasteiger partial charge in [0.2, 0.25) is 0 Å². The van der Waals surface area contributed by atoms with E-state index in [1.54, 1.807) is 0 Å². The molecule has 0 aliphatic heterocycles. The molecule has 2 N–H and O–H groups in total. The number of benzene rings is 1. The van der Waals surface area contributed by atoms with E-state index >= 15 is 0 Å². The van der Waals surface area contributed by atoms with Crippen LogP contribution in [0.3, 0.4) is 0 Å². The first kappa shape index (κ1) is 16.1. The third kappa shape index (κ3) is 6.12. The van der Waals surface area contributed by atoms with Crippen LogP contribution in [0.15, 0.2) is 24.3 Å². The molecule has 0 saturated heterocycles. The van der Waals surface area contributed by atoms with Gasteiger partial charge in [-0.05, 0) is 24.5 Å². The summed E-state index contributed by atoms with van der Waals surface area (Å²) in [5.74, 6) is 0.930. The number of aryl methyl sites for hydroxylation is 1. The van der Waals surface area contributed by atoms with E-state index in [0.29, 0.717) is 12.4 Å². The number of carbonyl (C=O) groups excluding carboxylic acids is 1. The summed E-state index contributed by atoms with van der Waals surface area (Å²) < 4.78 is 4.87. The van der Waals surface area contributed by atoms with Gasteiger partial charge in [-0.25, -0.2) is 0 Å². The van der Waals surface area contributed by atoms with Crippen molar-refractivity contribution in [3.63, 3.8) is 0 Å². The molecule has 0 bridgehead atoms. The van der Waals surface area contributed by atoms with Gasteiger partial charge in [0, 0.05) is 11.8 Å². The van der Waals surface area contributed by atoms with Crippen LogP contribution in [-0.4, -0.2) is 24.1 Å². The maximum atomic E-state index is 11.2. The van der Waals surface area contributed by atoms with Gasteiger partial charge in [0.25, 0.3) is 0 Å². The number of hydrogen-bond acceptors (Lipinski definition) is 4. The molecule has 1 aromatic rings. The van der Waals surface area contributed by atoms with Gasteiger partial charge in [-0.15, -0.1) is 11.8 Å². The summed E-state index contributed by atoms with van der Waals surface area (Å²) in [5, 5.41) is 0. The maximum Gasteiger partial charge on any atom is 0.315 e. The minimum Gasteiger partial charge on any atom is -0.465 e. The monoisotopic (exact) mass is 281 g/mol. The van der Waals surface area contributed by atoms with Gasteiger partial charge in [-0.2, -0.15) is 0 Å². The molecule has 0 aromatic heterocycles. The van der Waals surface area contributed by atoms with Crippen LogP contribution in [0.4, 0.5) is 0 Å². The Morgan fingerprint density at radius 2 is 2.00 bits per heavy atom. The highest BCUT2D eigenvalue weighted by Gasteiger charge is 2.08. The molecular weight excluding hydrogens is 258 g/mol. The average Bonchev–Trinajstić information content (AvgIpc) is 2.40. The van der Waals surface area contributed by atoms with E-state index in [0.717, 1.165) is 24.2 Å². The van der Waals surface area contributed by atoms with E-state index < -0.39 is 0 Å². The smallest absolute Gasteiger partial charge is 0.315 e. The molecule has 1 atom stereocenters. The Hall–Kier alpha value is -1.00. The zero-order valence-corrected chi connectivity index (χ0v) is 12.5. The number of hydrogen-bond donors (Lipinski definition) is 1. The van der Waals surface area contributed by atoms with Gasteiger partial charge in [0.1, 0.15) is 0 Å². The molecule has 0 fully saturated rings. The number of carbonyl (C=O) groups is 1. The topological polar surface area (TPSA) is 52.3 Å². The second-order valence-electron chi connectivity index (χ2n) is 4.42. The van der Waals surface area contributed by atoms with E-state index in [4.69, 9.17) is 10.5 Å². The zero-order valence-electron chi connectivity index (χ0n) is 11.7. The van der Waals surface area contributed by atoms with Gasteiger partial charge >= 0.3 is 5.97 Å². The predicted molar refractivity (Wildman–Crippen MR) is 81.3 cm³/mol. The van der Waals surface area contributed by atoms with E-state index in [1.165, 1.54) is 17.3 Å². The van der Waals surface area contributed by atoms with Crippen molar-refractivity contribution in [2.24, 2.45) is 5.73 Å². The molecule has 0 radical (unpaired) electrons. The molecule has 0 heterocycles.